The van der Waals surface area contributed by atoms with Gasteiger partial charge in [0.25, 0.3) is 0 Å². The SMILES string of the molecule is CCC1(C)CC(NCCCC(C)C)CCO1. The van der Waals surface area contributed by atoms with Crippen LogP contribution in [-0.2, 0) is 4.74 Å². The maximum absolute atomic E-state index is 5.85. The van der Waals surface area contributed by atoms with Crippen LogP contribution in [-0.4, -0.2) is 24.8 Å². The number of hydrogen-bond donors (Lipinski definition) is 1. The summed E-state index contributed by atoms with van der Waals surface area (Å²) in [5.74, 6) is 0.831. The van der Waals surface area contributed by atoms with Crippen LogP contribution in [0.15, 0.2) is 0 Å². The third-order valence-corrected chi connectivity index (χ3v) is 3.73. The first-order chi connectivity index (χ1) is 7.56. The predicted molar refractivity (Wildman–Crippen MR) is 69.7 cm³/mol. The molecule has 0 aromatic heterocycles. The van der Waals surface area contributed by atoms with Gasteiger partial charge in [-0.15, -0.1) is 0 Å². The average Bonchev–Trinajstić information content (AvgIpc) is 2.24. The van der Waals surface area contributed by atoms with E-state index < -0.39 is 0 Å². The molecule has 0 radical (unpaired) electrons. The van der Waals surface area contributed by atoms with Crippen molar-refractivity contribution in [2.75, 3.05) is 13.2 Å². The second-order valence-electron chi connectivity index (χ2n) is 5.83. The molecule has 0 amide bonds. The van der Waals surface area contributed by atoms with Crippen molar-refractivity contribution in [3.8, 4) is 0 Å². The Bertz CT molecular complexity index is 193. The van der Waals surface area contributed by atoms with Gasteiger partial charge in [-0.2, -0.15) is 0 Å². The summed E-state index contributed by atoms with van der Waals surface area (Å²) in [5, 5.41) is 3.69. The summed E-state index contributed by atoms with van der Waals surface area (Å²) in [6.45, 7) is 11.1. The van der Waals surface area contributed by atoms with E-state index in [4.69, 9.17) is 4.74 Å². The largest absolute Gasteiger partial charge is 0.375 e. The van der Waals surface area contributed by atoms with Crippen LogP contribution in [0.4, 0.5) is 0 Å². The van der Waals surface area contributed by atoms with Gasteiger partial charge < -0.3 is 10.1 Å². The Kier molecular flexibility index (Phi) is 5.77. The van der Waals surface area contributed by atoms with Crippen molar-refractivity contribution in [3.63, 3.8) is 0 Å². The molecule has 0 bridgehead atoms. The van der Waals surface area contributed by atoms with Crippen LogP contribution in [0.1, 0.15) is 59.8 Å². The van der Waals surface area contributed by atoms with Crippen LogP contribution in [0.5, 0.6) is 0 Å². The van der Waals surface area contributed by atoms with Crippen molar-refractivity contribution in [1.29, 1.82) is 0 Å². The summed E-state index contributed by atoms with van der Waals surface area (Å²) in [4.78, 5) is 0. The Morgan fingerprint density at radius 1 is 1.44 bits per heavy atom. The van der Waals surface area contributed by atoms with Gasteiger partial charge >= 0.3 is 0 Å². The Morgan fingerprint density at radius 2 is 2.19 bits per heavy atom. The summed E-state index contributed by atoms with van der Waals surface area (Å²) in [5.41, 5.74) is 0.119. The maximum Gasteiger partial charge on any atom is 0.0666 e. The summed E-state index contributed by atoms with van der Waals surface area (Å²) >= 11 is 0. The fourth-order valence-electron chi connectivity index (χ4n) is 2.37. The molecule has 0 aromatic rings. The molecule has 0 aliphatic carbocycles. The monoisotopic (exact) mass is 227 g/mol. The molecule has 1 aliphatic rings. The predicted octanol–water partition coefficient (Wildman–Crippen LogP) is 3.36. The van der Waals surface area contributed by atoms with Gasteiger partial charge in [-0.1, -0.05) is 20.8 Å². The molecule has 1 N–H and O–H groups in total. The Hall–Kier alpha value is -0.0800. The van der Waals surface area contributed by atoms with Gasteiger partial charge in [0, 0.05) is 12.6 Å². The molecular formula is C14H29NO. The summed E-state index contributed by atoms with van der Waals surface area (Å²) < 4.78 is 5.85. The van der Waals surface area contributed by atoms with E-state index in [0.717, 1.165) is 18.9 Å². The van der Waals surface area contributed by atoms with E-state index in [9.17, 15) is 0 Å². The van der Waals surface area contributed by atoms with E-state index in [0.29, 0.717) is 6.04 Å². The first-order valence-electron chi connectivity index (χ1n) is 6.93. The van der Waals surface area contributed by atoms with Crippen molar-refractivity contribution in [3.05, 3.63) is 0 Å². The number of nitrogens with one attached hydrogen (secondary N) is 1. The second-order valence-corrected chi connectivity index (χ2v) is 5.83. The minimum atomic E-state index is 0.119. The smallest absolute Gasteiger partial charge is 0.0666 e. The number of hydrogen-bond acceptors (Lipinski definition) is 2. The molecule has 2 atom stereocenters. The molecule has 0 spiro atoms. The molecular weight excluding hydrogens is 198 g/mol. The summed E-state index contributed by atoms with van der Waals surface area (Å²) in [7, 11) is 0. The second kappa shape index (κ2) is 6.61. The molecule has 2 heteroatoms. The molecule has 0 aromatic carbocycles. The van der Waals surface area contributed by atoms with E-state index >= 15 is 0 Å². The summed E-state index contributed by atoms with van der Waals surface area (Å²) in [6.07, 6.45) is 6.11. The molecule has 16 heavy (non-hydrogen) atoms. The zero-order valence-corrected chi connectivity index (χ0v) is 11.5. The molecule has 2 unspecified atom stereocenters. The highest BCUT2D eigenvalue weighted by Crippen LogP contribution is 2.27. The number of ether oxygens (including phenoxy) is 1. The minimum absolute atomic E-state index is 0.119. The molecule has 2 nitrogen and oxygen atoms in total. The molecule has 1 saturated heterocycles. The topological polar surface area (TPSA) is 21.3 Å². The van der Waals surface area contributed by atoms with Gasteiger partial charge in [0.1, 0.15) is 0 Å². The highest BCUT2D eigenvalue weighted by Gasteiger charge is 2.31. The van der Waals surface area contributed by atoms with Gasteiger partial charge in [-0.05, 0) is 51.5 Å². The maximum atomic E-state index is 5.85. The lowest BCUT2D eigenvalue weighted by atomic mass is 9.90. The highest BCUT2D eigenvalue weighted by atomic mass is 16.5. The van der Waals surface area contributed by atoms with E-state index in [1.807, 2.05) is 0 Å². The standard InChI is InChI=1S/C14H29NO/c1-5-14(4)11-13(8-10-16-14)15-9-6-7-12(2)3/h12-13,15H,5-11H2,1-4H3. The van der Waals surface area contributed by atoms with Crippen LogP contribution in [0.3, 0.4) is 0 Å². The average molecular weight is 227 g/mol. The third kappa shape index (κ3) is 4.84. The van der Waals surface area contributed by atoms with Crippen molar-refractivity contribution in [2.24, 2.45) is 5.92 Å². The van der Waals surface area contributed by atoms with Crippen LogP contribution >= 0.6 is 0 Å². The van der Waals surface area contributed by atoms with Crippen molar-refractivity contribution in [2.45, 2.75) is 71.4 Å². The lowest BCUT2D eigenvalue weighted by Crippen LogP contribution is -2.45. The Labute approximate surface area is 101 Å². The lowest BCUT2D eigenvalue weighted by Gasteiger charge is -2.38. The molecule has 1 aliphatic heterocycles. The molecule has 1 rings (SSSR count). The first-order valence-corrected chi connectivity index (χ1v) is 6.93. The van der Waals surface area contributed by atoms with Crippen LogP contribution in [0.2, 0.25) is 0 Å². The van der Waals surface area contributed by atoms with E-state index in [1.165, 1.54) is 32.2 Å². The van der Waals surface area contributed by atoms with E-state index in [1.54, 1.807) is 0 Å². The Balaban J connectivity index is 2.17. The van der Waals surface area contributed by atoms with Crippen LogP contribution in [0, 0.1) is 5.92 Å². The lowest BCUT2D eigenvalue weighted by molar-refractivity contribution is -0.0778. The number of rotatable bonds is 6. The normalized spacial score (nSPS) is 30.9. The van der Waals surface area contributed by atoms with Gasteiger partial charge in [-0.25, -0.2) is 0 Å². The highest BCUT2D eigenvalue weighted by molar-refractivity contribution is 4.85. The molecule has 1 heterocycles. The Morgan fingerprint density at radius 3 is 2.81 bits per heavy atom. The van der Waals surface area contributed by atoms with Crippen LogP contribution in [0.25, 0.3) is 0 Å². The van der Waals surface area contributed by atoms with Gasteiger partial charge in [0.2, 0.25) is 0 Å². The van der Waals surface area contributed by atoms with Crippen molar-refractivity contribution in [1.82, 2.24) is 5.32 Å². The van der Waals surface area contributed by atoms with Crippen LogP contribution < -0.4 is 5.32 Å². The van der Waals surface area contributed by atoms with Crippen molar-refractivity contribution >= 4 is 0 Å². The fraction of sp³-hybridized carbons (Fsp3) is 1.00. The molecule has 96 valence electrons. The third-order valence-electron chi connectivity index (χ3n) is 3.73. The quantitative estimate of drug-likeness (QED) is 0.703. The van der Waals surface area contributed by atoms with Gasteiger partial charge in [-0.3, -0.25) is 0 Å². The summed E-state index contributed by atoms with van der Waals surface area (Å²) in [6, 6.07) is 0.672. The van der Waals surface area contributed by atoms with E-state index in [2.05, 4.69) is 33.0 Å². The first kappa shape index (κ1) is 14.0. The van der Waals surface area contributed by atoms with Gasteiger partial charge in [0.15, 0.2) is 0 Å². The zero-order valence-electron chi connectivity index (χ0n) is 11.5. The zero-order chi connectivity index (χ0) is 12.0. The van der Waals surface area contributed by atoms with E-state index in [-0.39, 0.29) is 5.60 Å². The van der Waals surface area contributed by atoms with Gasteiger partial charge in [0.05, 0.1) is 5.60 Å². The molecule has 1 fully saturated rings. The fourth-order valence-corrected chi connectivity index (χ4v) is 2.37. The van der Waals surface area contributed by atoms with Crippen molar-refractivity contribution < 1.29 is 4.74 Å². The molecule has 0 saturated carbocycles. The minimum Gasteiger partial charge on any atom is -0.375 e.